The number of fused-ring (bicyclic) bond motifs is 1. The van der Waals surface area contributed by atoms with Crippen LogP contribution in [0.1, 0.15) is 11.1 Å². The minimum Gasteiger partial charge on any atom is -0.212 e. The van der Waals surface area contributed by atoms with Gasteiger partial charge in [0.2, 0.25) is 9.05 Å². The quantitative estimate of drug-likeness (QED) is 0.754. The molecule has 0 amide bonds. The first-order valence-electron chi connectivity index (χ1n) is 4.21. The first-order valence-corrected chi connectivity index (χ1v) is 7.68. The maximum Gasteiger partial charge on any atom is 0.236 e. The Morgan fingerprint density at radius 1 is 1.43 bits per heavy atom. The van der Waals surface area contributed by atoms with E-state index in [4.69, 9.17) is 10.7 Å². The highest BCUT2D eigenvalue weighted by Crippen LogP contribution is 2.32. The van der Waals surface area contributed by atoms with E-state index in [-0.39, 0.29) is 5.75 Å². The second-order valence-electron chi connectivity index (χ2n) is 3.22. The smallest absolute Gasteiger partial charge is 0.212 e. The van der Waals surface area contributed by atoms with Crippen molar-refractivity contribution in [1.29, 1.82) is 0 Å². The van der Waals surface area contributed by atoms with Gasteiger partial charge < -0.3 is 0 Å². The Morgan fingerprint density at radius 3 is 2.93 bits per heavy atom. The minimum atomic E-state index is -3.43. The molecule has 1 heterocycles. The molecule has 5 heteroatoms. The molecule has 0 fully saturated rings. The van der Waals surface area contributed by atoms with Crippen LogP contribution in [0.3, 0.4) is 0 Å². The van der Waals surface area contributed by atoms with Gasteiger partial charge in [-0.1, -0.05) is 12.1 Å². The van der Waals surface area contributed by atoms with Crippen LogP contribution < -0.4 is 0 Å². The van der Waals surface area contributed by atoms with Gasteiger partial charge >= 0.3 is 0 Å². The summed E-state index contributed by atoms with van der Waals surface area (Å²) in [5.41, 5.74) is 2.02. The highest BCUT2D eigenvalue weighted by molar-refractivity contribution is 8.13. The Bertz CT molecular complexity index is 454. The van der Waals surface area contributed by atoms with Crippen LogP contribution in [0.4, 0.5) is 0 Å². The van der Waals surface area contributed by atoms with E-state index in [1.807, 2.05) is 30.0 Å². The molecule has 1 aromatic carbocycles. The van der Waals surface area contributed by atoms with Gasteiger partial charge in [0, 0.05) is 21.3 Å². The van der Waals surface area contributed by atoms with E-state index in [1.54, 1.807) is 0 Å². The molecule has 14 heavy (non-hydrogen) atoms. The third-order valence-electron chi connectivity index (χ3n) is 2.09. The van der Waals surface area contributed by atoms with Crippen LogP contribution in [0.25, 0.3) is 0 Å². The molecular formula is C9H9ClO2S2. The SMILES string of the molecule is O=S(=O)(Cl)Cc1ccc2c(c1)CCS2. The average Bonchev–Trinajstić information content (AvgIpc) is 2.47. The van der Waals surface area contributed by atoms with E-state index in [0.29, 0.717) is 0 Å². The first-order chi connectivity index (χ1) is 6.54. The summed E-state index contributed by atoms with van der Waals surface area (Å²) >= 11 is 1.81. The lowest BCUT2D eigenvalue weighted by Gasteiger charge is -2.01. The van der Waals surface area contributed by atoms with E-state index in [2.05, 4.69) is 0 Å². The second kappa shape index (κ2) is 3.76. The number of rotatable bonds is 2. The van der Waals surface area contributed by atoms with Gasteiger partial charge in [-0.2, -0.15) is 0 Å². The van der Waals surface area contributed by atoms with Crippen molar-refractivity contribution in [3.8, 4) is 0 Å². The lowest BCUT2D eigenvalue weighted by atomic mass is 10.1. The Morgan fingerprint density at radius 2 is 2.21 bits per heavy atom. The molecule has 0 aliphatic carbocycles. The van der Waals surface area contributed by atoms with E-state index in [1.165, 1.54) is 10.5 Å². The van der Waals surface area contributed by atoms with Crippen molar-refractivity contribution in [2.75, 3.05) is 5.75 Å². The molecule has 0 radical (unpaired) electrons. The average molecular weight is 249 g/mol. The third-order valence-corrected chi connectivity index (χ3v) is 4.22. The molecular weight excluding hydrogens is 240 g/mol. The molecule has 2 nitrogen and oxygen atoms in total. The molecule has 1 aliphatic rings. The van der Waals surface area contributed by atoms with Gasteiger partial charge in [0.25, 0.3) is 0 Å². The summed E-state index contributed by atoms with van der Waals surface area (Å²) in [5, 5.41) is 0. The fraction of sp³-hybridized carbons (Fsp3) is 0.333. The number of hydrogen-bond donors (Lipinski definition) is 0. The first kappa shape index (κ1) is 10.3. The predicted octanol–water partition coefficient (Wildman–Crippen LogP) is 2.40. The zero-order valence-electron chi connectivity index (χ0n) is 7.36. The van der Waals surface area contributed by atoms with E-state index < -0.39 is 9.05 Å². The molecule has 0 unspecified atom stereocenters. The molecule has 0 saturated heterocycles. The summed E-state index contributed by atoms with van der Waals surface area (Å²) < 4.78 is 21.7. The lowest BCUT2D eigenvalue weighted by molar-refractivity contribution is 0.609. The third kappa shape index (κ3) is 2.43. The maximum atomic E-state index is 10.9. The van der Waals surface area contributed by atoms with Crippen molar-refractivity contribution in [2.45, 2.75) is 17.1 Å². The molecule has 1 aliphatic heterocycles. The van der Waals surface area contributed by atoms with Crippen LogP contribution in [0.15, 0.2) is 23.1 Å². The van der Waals surface area contributed by atoms with Crippen LogP contribution in [0.5, 0.6) is 0 Å². The summed E-state index contributed by atoms with van der Waals surface area (Å²) in [6.45, 7) is 0. The largest absolute Gasteiger partial charge is 0.236 e. The lowest BCUT2D eigenvalue weighted by Crippen LogP contribution is -1.95. The van der Waals surface area contributed by atoms with E-state index in [9.17, 15) is 8.42 Å². The Labute approximate surface area is 92.1 Å². The van der Waals surface area contributed by atoms with E-state index in [0.717, 1.165) is 17.7 Å². The zero-order chi connectivity index (χ0) is 10.2. The predicted molar refractivity (Wildman–Crippen MR) is 59.3 cm³/mol. The van der Waals surface area contributed by atoms with Crippen LogP contribution >= 0.6 is 22.4 Å². The van der Waals surface area contributed by atoms with Crippen molar-refractivity contribution in [1.82, 2.24) is 0 Å². The number of halogens is 1. The van der Waals surface area contributed by atoms with Gasteiger partial charge in [-0.25, -0.2) is 8.42 Å². The summed E-state index contributed by atoms with van der Waals surface area (Å²) in [6.07, 6.45) is 1.02. The molecule has 0 saturated carbocycles. The minimum absolute atomic E-state index is 0.0769. The fourth-order valence-corrected chi connectivity index (χ4v) is 3.54. The summed E-state index contributed by atoms with van der Waals surface area (Å²) in [4.78, 5) is 1.26. The number of aryl methyl sites for hydroxylation is 1. The fourth-order valence-electron chi connectivity index (χ4n) is 1.53. The Hall–Kier alpha value is -0.190. The molecule has 0 spiro atoms. The van der Waals surface area contributed by atoms with Gasteiger partial charge in [0.05, 0.1) is 5.75 Å². The van der Waals surface area contributed by atoms with Crippen molar-refractivity contribution in [3.63, 3.8) is 0 Å². The number of thioether (sulfide) groups is 1. The van der Waals surface area contributed by atoms with Gasteiger partial charge in [0.15, 0.2) is 0 Å². The Balaban J connectivity index is 2.29. The highest BCUT2D eigenvalue weighted by Gasteiger charge is 2.13. The summed E-state index contributed by atoms with van der Waals surface area (Å²) in [7, 11) is 1.76. The highest BCUT2D eigenvalue weighted by atomic mass is 35.7. The number of hydrogen-bond acceptors (Lipinski definition) is 3. The molecule has 76 valence electrons. The van der Waals surface area contributed by atoms with Crippen molar-refractivity contribution < 1.29 is 8.42 Å². The van der Waals surface area contributed by atoms with Crippen LogP contribution in [0.2, 0.25) is 0 Å². The van der Waals surface area contributed by atoms with Crippen molar-refractivity contribution in [2.24, 2.45) is 0 Å². The molecule has 0 atom stereocenters. The van der Waals surface area contributed by atoms with Crippen LogP contribution in [-0.2, 0) is 21.2 Å². The molecule has 0 aromatic heterocycles. The molecule has 0 N–H and O–H groups in total. The van der Waals surface area contributed by atoms with Crippen LogP contribution in [-0.4, -0.2) is 14.2 Å². The van der Waals surface area contributed by atoms with Crippen LogP contribution in [0, 0.1) is 0 Å². The van der Waals surface area contributed by atoms with Crippen molar-refractivity contribution in [3.05, 3.63) is 29.3 Å². The second-order valence-corrected chi connectivity index (χ2v) is 7.14. The normalized spacial score (nSPS) is 15.5. The monoisotopic (exact) mass is 248 g/mol. The Kier molecular flexibility index (Phi) is 2.77. The summed E-state index contributed by atoms with van der Waals surface area (Å²) in [6, 6.07) is 5.75. The van der Waals surface area contributed by atoms with Gasteiger partial charge in [-0.15, -0.1) is 11.8 Å². The van der Waals surface area contributed by atoms with Gasteiger partial charge in [-0.3, -0.25) is 0 Å². The summed E-state index contributed by atoms with van der Waals surface area (Å²) in [5.74, 6) is 1.01. The maximum absolute atomic E-state index is 10.9. The van der Waals surface area contributed by atoms with Crippen molar-refractivity contribution >= 4 is 31.5 Å². The zero-order valence-corrected chi connectivity index (χ0v) is 9.75. The molecule has 1 aromatic rings. The van der Waals surface area contributed by atoms with Gasteiger partial charge in [-0.05, 0) is 23.6 Å². The molecule has 0 bridgehead atoms. The standard InChI is InChI=1S/C9H9ClO2S2/c10-14(11,12)6-7-1-2-9-8(5-7)3-4-13-9/h1-2,5H,3-4,6H2. The van der Waals surface area contributed by atoms with Gasteiger partial charge in [0.1, 0.15) is 0 Å². The topological polar surface area (TPSA) is 34.1 Å². The van der Waals surface area contributed by atoms with E-state index >= 15 is 0 Å². The number of benzene rings is 1. The molecule has 2 rings (SSSR count).